The van der Waals surface area contributed by atoms with Crippen LogP contribution in [0, 0.1) is 0 Å². The normalized spacial score (nSPS) is 11.3. The molecule has 0 bridgehead atoms. The zero-order chi connectivity index (χ0) is 40.8. The Morgan fingerprint density at radius 3 is 1.42 bits per heavy atom. The van der Waals surface area contributed by atoms with Crippen molar-refractivity contribution in [3.05, 3.63) is 96.1 Å². The van der Waals surface area contributed by atoms with Crippen LogP contribution in [0.25, 0.3) is 0 Å². The van der Waals surface area contributed by atoms with Crippen molar-refractivity contribution in [2.45, 2.75) is 139 Å². The van der Waals surface area contributed by atoms with Crippen LogP contribution >= 0.6 is 0 Å². The van der Waals surface area contributed by atoms with Crippen LogP contribution < -0.4 is 14.6 Å². The van der Waals surface area contributed by atoms with E-state index in [9.17, 15) is 36.2 Å². The molecule has 0 fully saturated rings. The van der Waals surface area contributed by atoms with E-state index in [1.165, 1.54) is 120 Å². The summed E-state index contributed by atoms with van der Waals surface area (Å²) in [6.07, 6.45) is 21.4. The third kappa shape index (κ3) is 19.2. The molecule has 4 aromatic carbocycles. The predicted octanol–water partition coefficient (Wildman–Crippen LogP) is 10.9. The molecule has 0 aromatic heterocycles. The predicted molar refractivity (Wildman–Crippen MR) is 223 cm³/mol. The molecule has 4 rings (SSSR count). The molecule has 10 nitrogen and oxygen atoms in total. The van der Waals surface area contributed by atoms with Gasteiger partial charge in [0.2, 0.25) is 0 Å². The third-order valence-corrected chi connectivity index (χ3v) is 11.1. The number of benzene rings is 4. The maximum Gasteiger partial charge on any atom is 2.00 e. The molecule has 0 saturated heterocycles. The Morgan fingerprint density at radius 2 is 0.930 bits per heavy atom. The molecule has 4 aromatic rings. The van der Waals surface area contributed by atoms with E-state index in [2.05, 4.69) is 13.8 Å². The number of hydrogen-bond acceptors (Lipinski definition) is 9. The van der Waals surface area contributed by atoms with Gasteiger partial charge in [0.05, 0.1) is 4.90 Å². The van der Waals surface area contributed by atoms with Gasteiger partial charge in [-0.15, -0.1) is 0 Å². The number of aromatic hydroxyl groups is 1. The quantitative estimate of drug-likeness (QED) is 0.0392. The van der Waals surface area contributed by atoms with Crippen LogP contribution in [0.5, 0.6) is 34.5 Å². The van der Waals surface area contributed by atoms with E-state index in [-0.39, 0.29) is 77.1 Å². The minimum absolute atomic E-state index is 0. The number of para-hydroxylation sites is 2. The van der Waals surface area contributed by atoms with E-state index in [4.69, 9.17) is 9.47 Å². The van der Waals surface area contributed by atoms with Crippen molar-refractivity contribution in [2.75, 3.05) is 0 Å². The molecule has 2 N–H and O–H groups in total. The van der Waals surface area contributed by atoms with Gasteiger partial charge in [0.1, 0.15) is 32.3 Å². The summed E-state index contributed by atoms with van der Waals surface area (Å²) in [5.41, 5.74) is 1.98. The molecular weight excluding hydrogens is 793 g/mol. The molecule has 0 atom stereocenters. The second-order valence-corrected chi connectivity index (χ2v) is 16.8. The minimum Gasteiger partial charge on any atom is -0.870 e. The van der Waals surface area contributed by atoms with Gasteiger partial charge in [-0.1, -0.05) is 152 Å². The van der Waals surface area contributed by atoms with Crippen molar-refractivity contribution in [2.24, 2.45) is 0 Å². The Morgan fingerprint density at radius 1 is 0.526 bits per heavy atom. The van der Waals surface area contributed by atoms with E-state index in [1.807, 2.05) is 6.07 Å². The number of hydrogen-bond donors (Lipinski definition) is 2. The van der Waals surface area contributed by atoms with Gasteiger partial charge in [-0.3, -0.25) is 4.55 Å². The van der Waals surface area contributed by atoms with Crippen LogP contribution in [0.2, 0.25) is 0 Å². The third-order valence-electron chi connectivity index (χ3n) is 9.36. The zero-order valence-electron chi connectivity index (χ0n) is 33.5. The fourth-order valence-corrected chi connectivity index (χ4v) is 7.45. The number of aryl methyl sites for hydroxylation is 2. The smallest absolute Gasteiger partial charge is 0.870 e. The first-order valence-corrected chi connectivity index (χ1v) is 22.8. The standard InChI is InChI=1S/2C22H30O5S.Ca/c2*1-2-3-4-5-6-7-8-9-12-18-15-16-19(23)21(17-18)27-20-13-10-11-14-22(20)28(24,25)26;/h2*10-11,13-17,23H,2-9,12H2,1H3,(H,24,25,26);/q;;+2/p-2. The zero-order valence-corrected chi connectivity index (χ0v) is 37.3. The minimum atomic E-state index is -4.68. The second kappa shape index (κ2) is 27.0. The Labute approximate surface area is 370 Å². The van der Waals surface area contributed by atoms with Gasteiger partial charge in [-0.2, -0.15) is 8.42 Å². The van der Waals surface area contributed by atoms with Crippen molar-refractivity contribution in [3.63, 3.8) is 0 Å². The molecule has 13 heteroatoms. The SMILES string of the molecule is CCCCCCCCCCc1ccc(O)c(Oc2ccccc2S(=O)(=O)O)c1.CCCCCCCCCCc1ccc([O-])c(Oc2ccccc2S(=O)(=O)[O-])c1.[Ca+2]. The summed E-state index contributed by atoms with van der Waals surface area (Å²) in [5.74, 6) is -0.368. The number of phenolic OH excluding ortho intramolecular Hbond substituents is 1. The monoisotopic (exact) mass is 850 g/mol. The fourth-order valence-electron chi connectivity index (χ4n) is 6.24. The Kier molecular flexibility index (Phi) is 23.8. The number of unbranched alkanes of at least 4 members (excludes halogenated alkanes) is 14. The summed E-state index contributed by atoms with van der Waals surface area (Å²) in [6, 6.07) is 21.3. The van der Waals surface area contributed by atoms with E-state index < -0.39 is 25.1 Å². The average molecular weight is 851 g/mol. The van der Waals surface area contributed by atoms with Crippen LogP contribution in [0.1, 0.15) is 128 Å². The van der Waals surface area contributed by atoms with Crippen molar-refractivity contribution >= 4 is 58.0 Å². The summed E-state index contributed by atoms with van der Waals surface area (Å²) in [5, 5.41) is 22.2. The molecule has 0 aliphatic rings. The second-order valence-electron chi connectivity index (χ2n) is 14.1. The van der Waals surface area contributed by atoms with Crippen molar-refractivity contribution in [1.82, 2.24) is 0 Å². The van der Waals surface area contributed by atoms with Crippen molar-refractivity contribution in [1.29, 1.82) is 0 Å². The first-order chi connectivity index (χ1) is 26.8. The number of ether oxygens (including phenoxy) is 2. The van der Waals surface area contributed by atoms with Gasteiger partial charge in [0.15, 0.2) is 11.5 Å². The average Bonchev–Trinajstić information content (AvgIpc) is 3.16. The maximum atomic E-state index is 12.1. The van der Waals surface area contributed by atoms with Crippen LogP contribution in [-0.2, 0) is 33.1 Å². The maximum absolute atomic E-state index is 12.1. The van der Waals surface area contributed by atoms with Crippen molar-refractivity contribution < 1.29 is 45.6 Å². The molecular formula is C44H58CaO10S2. The van der Waals surface area contributed by atoms with E-state index >= 15 is 0 Å². The van der Waals surface area contributed by atoms with Gasteiger partial charge < -0.3 is 24.2 Å². The summed E-state index contributed by atoms with van der Waals surface area (Å²) >= 11 is 0. The molecule has 0 radical (unpaired) electrons. The summed E-state index contributed by atoms with van der Waals surface area (Å²) in [6.45, 7) is 4.43. The first-order valence-electron chi connectivity index (χ1n) is 19.9. The van der Waals surface area contributed by atoms with E-state index in [0.29, 0.717) is 0 Å². The van der Waals surface area contributed by atoms with Gasteiger partial charge >= 0.3 is 37.7 Å². The largest absolute Gasteiger partial charge is 2.00 e. The van der Waals surface area contributed by atoms with Gasteiger partial charge in [-0.05, 0) is 79.3 Å². The molecule has 0 heterocycles. The molecule has 308 valence electrons. The summed E-state index contributed by atoms with van der Waals surface area (Å²) < 4.78 is 77.5. The Bertz CT molecular complexity index is 1840. The molecule has 0 aliphatic carbocycles. The molecule has 0 unspecified atom stereocenters. The van der Waals surface area contributed by atoms with Crippen LogP contribution in [0.3, 0.4) is 0 Å². The fraction of sp³-hybridized carbons (Fsp3) is 0.455. The molecule has 0 amide bonds. The van der Waals surface area contributed by atoms with Crippen LogP contribution in [0.4, 0.5) is 0 Å². The molecule has 0 aliphatic heterocycles. The first kappa shape index (κ1) is 50.3. The molecule has 57 heavy (non-hydrogen) atoms. The topological polar surface area (TPSA) is 173 Å². The van der Waals surface area contributed by atoms with Crippen LogP contribution in [-0.4, -0.2) is 68.8 Å². The number of phenols is 1. The van der Waals surface area contributed by atoms with Gasteiger partial charge in [-0.25, -0.2) is 8.42 Å². The van der Waals surface area contributed by atoms with Gasteiger partial charge in [0, 0.05) is 0 Å². The van der Waals surface area contributed by atoms with Gasteiger partial charge in [0.25, 0.3) is 10.1 Å². The molecule has 0 saturated carbocycles. The van der Waals surface area contributed by atoms with E-state index in [0.717, 1.165) is 49.7 Å². The van der Waals surface area contributed by atoms with E-state index in [1.54, 1.807) is 36.4 Å². The van der Waals surface area contributed by atoms with Crippen molar-refractivity contribution in [3.8, 4) is 34.5 Å². The summed E-state index contributed by atoms with van der Waals surface area (Å²) in [7, 11) is -9.10. The Hall–Kier alpha value is -2.84. The van der Waals surface area contributed by atoms with Crippen LogP contribution in [0.15, 0.2) is 94.7 Å². The summed E-state index contributed by atoms with van der Waals surface area (Å²) in [4.78, 5) is -0.800. The Balaban J connectivity index is 0.000000387. The molecule has 0 spiro atoms. The number of rotatable bonds is 24.